The smallest absolute Gasteiger partial charge is 0.226 e. The normalized spacial score (nSPS) is 10.6. The Morgan fingerprint density at radius 1 is 1.05 bits per heavy atom. The number of ether oxygens (including phenoxy) is 1. The predicted octanol–water partition coefficient (Wildman–Crippen LogP) is 3.72. The van der Waals surface area contributed by atoms with Crippen molar-refractivity contribution in [2.75, 3.05) is 0 Å². The first-order valence-corrected chi connectivity index (χ1v) is 7.10. The second kappa shape index (κ2) is 6.45. The lowest BCUT2D eigenvalue weighted by Gasteiger charge is -2.06. The van der Waals surface area contributed by atoms with Crippen LogP contribution >= 0.6 is 0 Å². The number of nitrogens with zero attached hydrogens (tertiary/aromatic N) is 1. The summed E-state index contributed by atoms with van der Waals surface area (Å²) in [5.74, 6) is 1.80. The summed E-state index contributed by atoms with van der Waals surface area (Å²) in [5, 5.41) is 9.15. The summed E-state index contributed by atoms with van der Waals surface area (Å²) in [6.07, 6.45) is 0. The molecule has 0 saturated carbocycles. The van der Waals surface area contributed by atoms with Crippen molar-refractivity contribution in [3.05, 3.63) is 71.6 Å². The maximum Gasteiger partial charge on any atom is 0.226 e. The van der Waals surface area contributed by atoms with E-state index in [0.29, 0.717) is 24.0 Å². The van der Waals surface area contributed by atoms with E-state index in [9.17, 15) is 0 Å². The van der Waals surface area contributed by atoms with Gasteiger partial charge in [-0.05, 0) is 36.8 Å². The fourth-order valence-electron chi connectivity index (χ4n) is 2.13. The number of aromatic nitrogens is 1. The lowest BCUT2D eigenvalue weighted by atomic mass is 10.2. The third kappa shape index (κ3) is 3.18. The first-order chi connectivity index (χ1) is 10.8. The molecule has 4 nitrogen and oxygen atoms in total. The Morgan fingerprint density at radius 2 is 1.77 bits per heavy atom. The molecule has 0 amide bonds. The molecular formula is C18H17NO3. The summed E-state index contributed by atoms with van der Waals surface area (Å²) in [6, 6.07) is 17.6. The molecule has 0 unspecified atom stereocenters. The molecule has 0 aliphatic heterocycles. The molecule has 1 heterocycles. The quantitative estimate of drug-likeness (QED) is 0.779. The summed E-state index contributed by atoms with van der Waals surface area (Å²) in [5.41, 5.74) is 2.69. The van der Waals surface area contributed by atoms with Gasteiger partial charge in [-0.25, -0.2) is 4.98 Å². The monoisotopic (exact) mass is 295 g/mol. The fraction of sp³-hybridized carbons (Fsp3) is 0.167. The van der Waals surface area contributed by atoms with E-state index >= 15 is 0 Å². The zero-order valence-electron chi connectivity index (χ0n) is 12.3. The summed E-state index contributed by atoms with van der Waals surface area (Å²) >= 11 is 0. The topological polar surface area (TPSA) is 55.5 Å². The molecule has 1 N–H and O–H groups in total. The van der Waals surface area contributed by atoms with Crippen molar-refractivity contribution in [3.63, 3.8) is 0 Å². The van der Waals surface area contributed by atoms with Crippen molar-refractivity contribution < 1.29 is 14.3 Å². The van der Waals surface area contributed by atoms with Gasteiger partial charge in [0.25, 0.3) is 0 Å². The molecule has 22 heavy (non-hydrogen) atoms. The van der Waals surface area contributed by atoms with Gasteiger partial charge in [-0.3, -0.25) is 0 Å². The molecule has 112 valence electrons. The molecule has 1 aromatic heterocycles. The Morgan fingerprint density at radius 3 is 2.41 bits per heavy atom. The van der Waals surface area contributed by atoms with Gasteiger partial charge in [-0.15, -0.1) is 0 Å². The van der Waals surface area contributed by atoms with Crippen molar-refractivity contribution in [2.24, 2.45) is 0 Å². The average molecular weight is 295 g/mol. The SMILES string of the molecule is Cc1nc(-c2ccc(OCc3ccccc3)cc2)oc1CO. The highest BCUT2D eigenvalue weighted by molar-refractivity contribution is 5.55. The van der Waals surface area contributed by atoms with Gasteiger partial charge < -0.3 is 14.3 Å². The third-order valence-electron chi connectivity index (χ3n) is 3.39. The number of aliphatic hydroxyl groups excluding tert-OH is 1. The number of aryl methyl sites for hydroxylation is 1. The standard InChI is InChI=1S/C18H17NO3/c1-13-17(11-20)22-18(19-13)15-7-9-16(10-8-15)21-12-14-5-3-2-4-6-14/h2-10,20H,11-12H2,1H3. The van der Waals surface area contributed by atoms with Gasteiger partial charge in [0.1, 0.15) is 19.0 Å². The molecule has 0 radical (unpaired) electrons. The van der Waals surface area contributed by atoms with Crippen molar-refractivity contribution in [1.29, 1.82) is 0 Å². The molecule has 3 rings (SSSR count). The highest BCUT2D eigenvalue weighted by Crippen LogP contribution is 2.24. The second-order valence-corrected chi connectivity index (χ2v) is 4.98. The molecule has 0 saturated heterocycles. The van der Waals surface area contributed by atoms with Gasteiger partial charge >= 0.3 is 0 Å². The van der Waals surface area contributed by atoms with Crippen LogP contribution in [-0.2, 0) is 13.2 Å². The minimum atomic E-state index is -0.142. The summed E-state index contributed by atoms with van der Waals surface area (Å²) in [4.78, 5) is 4.31. The average Bonchev–Trinajstić information content (AvgIpc) is 2.95. The lowest BCUT2D eigenvalue weighted by Crippen LogP contribution is -1.94. The number of aliphatic hydroxyl groups is 1. The lowest BCUT2D eigenvalue weighted by molar-refractivity contribution is 0.247. The van der Waals surface area contributed by atoms with Crippen molar-refractivity contribution in [3.8, 4) is 17.2 Å². The van der Waals surface area contributed by atoms with Gasteiger partial charge in [0, 0.05) is 5.56 Å². The molecular weight excluding hydrogens is 278 g/mol. The van der Waals surface area contributed by atoms with E-state index in [1.165, 1.54) is 0 Å². The second-order valence-electron chi connectivity index (χ2n) is 4.98. The Balaban J connectivity index is 1.69. The number of rotatable bonds is 5. The molecule has 0 bridgehead atoms. The summed E-state index contributed by atoms with van der Waals surface area (Å²) < 4.78 is 11.3. The minimum Gasteiger partial charge on any atom is -0.489 e. The Bertz CT molecular complexity index is 733. The van der Waals surface area contributed by atoms with Gasteiger partial charge in [0.2, 0.25) is 5.89 Å². The van der Waals surface area contributed by atoms with E-state index in [4.69, 9.17) is 14.3 Å². The van der Waals surface area contributed by atoms with Crippen LogP contribution < -0.4 is 4.74 Å². The molecule has 0 fully saturated rings. The van der Waals surface area contributed by atoms with Crippen LogP contribution in [-0.4, -0.2) is 10.1 Å². The zero-order chi connectivity index (χ0) is 15.4. The highest BCUT2D eigenvalue weighted by Gasteiger charge is 2.10. The molecule has 0 aliphatic carbocycles. The molecule has 2 aromatic carbocycles. The van der Waals surface area contributed by atoms with Crippen LogP contribution in [0.4, 0.5) is 0 Å². The van der Waals surface area contributed by atoms with Crippen LogP contribution in [0.1, 0.15) is 17.0 Å². The van der Waals surface area contributed by atoms with Gasteiger partial charge in [0.05, 0.1) is 5.69 Å². The minimum absolute atomic E-state index is 0.142. The first-order valence-electron chi connectivity index (χ1n) is 7.10. The number of hydrogen-bond acceptors (Lipinski definition) is 4. The number of benzene rings is 2. The van der Waals surface area contributed by atoms with Crippen molar-refractivity contribution in [1.82, 2.24) is 4.98 Å². The predicted molar refractivity (Wildman–Crippen MR) is 83.4 cm³/mol. The van der Waals surface area contributed by atoms with Crippen LogP contribution in [0.25, 0.3) is 11.5 Å². The van der Waals surface area contributed by atoms with Crippen LogP contribution in [0.15, 0.2) is 59.0 Å². The Kier molecular flexibility index (Phi) is 4.21. The zero-order valence-corrected chi connectivity index (χ0v) is 12.3. The first kappa shape index (κ1) is 14.4. The molecule has 3 aromatic rings. The van der Waals surface area contributed by atoms with E-state index < -0.39 is 0 Å². The fourth-order valence-corrected chi connectivity index (χ4v) is 2.13. The molecule has 4 heteroatoms. The number of hydrogen-bond donors (Lipinski definition) is 1. The Hall–Kier alpha value is -2.59. The summed E-state index contributed by atoms with van der Waals surface area (Å²) in [6.45, 7) is 2.21. The van der Waals surface area contributed by atoms with Gasteiger partial charge in [0.15, 0.2) is 5.76 Å². The van der Waals surface area contributed by atoms with Crippen LogP contribution in [0.3, 0.4) is 0 Å². The van der Waals surface area contributed by atoms with E-state index in [1.807, 2.05) is 61.5 Å². The van der Waals surface area contributed by atoms with E-state index in [1.54, 1.807) is 0 Å². The largest absolute Gasteiger partial charge is 0.489 e. The van der Waals surface area contributed by atoms with Crippen LogP contribution in [0.5, 0.6) is 5.75 Å². The maximum absolute atomic E-state index is 9.15. The Labute approximate surface area is 129 Å². The molecule has 0 atom stereocenters. The summed E-state index contributed by atoms with van der Waals surface area (Å²) in [7, 11) is 0. The van der Waals surface area contributed by atoms with Crippen molar-refractivity contribution >= 4 is 0 Å². The van der Waals surface area contributed by atoms with Crippen LogP contribution in [0.2, 0.25) is 0 Å². The van der Waals surface area contributed by atoms with E-state index in [0.717, 1.165) is 16.9 Å². The van der Waals surface area contributed by atoms with E-state index in [2.05, 4.69) is 4.98 Å². The van der Waals surface area contributed by atoms with Crippen molar-refractivity contribution in [2.45, 2.75) is 20.1 Å². The highest BCUT2D eigenvalue weighted by atomic mass is 16.5. The maximum atomic E-state index is 9.15. The van der Waals surface area contributed by atoms with Crippen LogP contribution in [0, 0.1) is 6.92 Å². The number of oxazole rings is 1. The molecule has 0 spiro atoms. The van der Waals surface area contributed by atoms with E-state index in [-0.39, 0.29) is 6.61 Å². The third-order valence-corrected chi connectivity index (χ3v) is 3.39. The van der Waals surface area contributed by atoms with Gasteiger partial charge in [-0.2, -0.15) is 0 Å². The van der Waals surface area contributed by atoms with Gasteiger partial charge in [-0.1, -0.05) is 30.3 Å². The molecule has 0 aliphatic rings.